The van der Waals surface area contributed by atoms with Crippen LogP contribution < -0.4 is 10.2 Å². The highest BCUT2D eigenvalue weighted by molar-refractivity contribution is 5.68. The summed E-state index contributed by atoms with van der Waals surface area (Å²) < 4.78 is 0. The summed E-state index contributed by atoms with van der Waals surface area (Å²) in [6.07, 6.45) is 45.9. The number of hydrogen-bond donors (Lipinski definition) is 1. The third-order valence-electron chi connectivity index (χ3n) is 12.8. The lowest BCUT2D eigenvalue weighted by atomic mass is 9.71. The van der Waals surface area contributed by atoms with E-state index in [1.807, 2.05) is 0 Å². The number of fused-ring (bicyclic) bond motifs is 6. The van der Waals surface area contributed by atoms with E-state index >= 15 is 0 Å². The van der Waals surface area contributed by atoms with E-state index in [0.29, 0.717) is 47.7 Å². The van der Waals surface area contributed by atoms with E-state index in [9.17, 15) is 0 Å². The number of rotatable bonds is 5. The molecule has 2 saturated heterocycles. The lowest BCUT2D eigenvalue weighted by Crippen LogP contribution is -2.42. The summed E-state index contributed by atoms with van der Waals surface area (Å²) in [5.74, 6) is 3.97. The molecular weight excluding hydrogens is 607 g/mol. The minimum absolute atomic E-state index is 0.255. The van der Waals surface area contributed by atoms with E-state index in [0.717, 1.165) is 19.3 Å². The van der Waals surface area contributed by atoms with E-state index < -0.39 is 0 Å². The first kappa shape index (κ1) is 30.1. The van der Waals surface area contributed by atoms with Crippen molar-refractivity contribution in [3.63, 3.8) is 0 Å². The maximum Gasteiger partial charge on any atom is 0.106 e. The van der Waals surface area contributed by atoms with Gasteiger partial charge in [-0.1, -0.05) is 134 Å². The van der Waals surface area contributed by atoms with Crippen LogP contribution in [0, 0.1) is 29.6 Å². The van der Waals surface area contributed by atoms with E-state index in [-0.39, 0.29) is 6.04 Å². The van der Waals surface area contributed by atoms with Gasteiger partial charge in [0.1, 0.15) is 5.82 Å². The molecule has 1 N–H and O–H groups in total. The number of nitrogens with zero attached hydrogens (tertiary/aromatic N) is 2. The first-order valence-corrected chi connectivity index (χ1v) is 19.2. The Labute approximate surface area is 297 Å². The van der Waals surface area contributed by atoms with Crippen LogP contribution in [0.25, 0.3) is 11.1 Å². The maximum atomic E-state index is 3.96. The van der Waals surface area contributed by atoms with Crippen molar-refractivity contribution in [2.75, 3.05) is 4.90 Å². The molecule has 3 heteroatoms. The Morgan fingerprint density at radius 1 is 0.660 bits per heavy atom. The van der Waals surface area contributed by atoms with Crippen molar-refractivity contribution in [2.45, 2.75) is 62.7 Å². The summed E-state index contributed by atoms with van der Waals surface area (Å²) in [5.41, 5.74) is 8.40. The summed E-state index contributed by atoms with van der Waals surface area (Å²) in [6, 6.07) is 21.5. The molecule has 2 aromatic carbocycles. The van der Waals surface area contributed by atoms with E-state index in [1.54, 1.807) is 11.3 Å². The van der Waals surface area contributed by atoms with Gasteiger partial charge in [0.15, 0.2) is 0 Å². The molecule has 10 rings (SSSR count). The van der Waals surface area contributed by atoms with Gasteiger partial charge in [0.25, 0.3) is 0 Å². The Kier molecular flexibility index (Phi) is 7.54. The van der Waals surface area contributed by atoms with Crippen LogP contribution in [0.1, 0.15) is 38.5 Å². The zero-order valence-corrected chi connectivity index (χ0v) is 28.8. The molecule has 5 aliphatic carbocycles. The number of dihydropyridines is 1. The van der Waals surface area contributed by atoms with Crippen LogP contribution in [0.3, 0.4) is 0 Å². The molecule has 0 spiro atoms. The van der Waals surface area contributed by atoms with Crippen LogP contribution in [0.4, 0.5) is 5.69 Å². The Hall–Kier alpha value is -4.76. The molecular formula is C47H47N3. The van der Waals surface area contributed by atoms with Gasteiger partial charge in [-0.2, -0.15) is 0 Å². The minimum atomic E-state index is 0.255. The predicted molar refractivity (Wildman–Crippen MR) is 207 cm³/mol. The molecule has 9 atom stereocenters. The van der Waals surface area contributed by atoms with Gasteiger partial charge in [0, 0.05) is 41.1 Å². The molecule has 9 unspecified atom stereocenters. The third-order valence-corrected chi connectivity index (χ3v) is 12.8. The Balaban J connectivity index is 0.913. The van der Waals surface area contributed by atoms with Gasteiger partial charge in [-0.15, -0.1) is 0 Å². The quantitative estimate of drug-likeness (QED) is 0.324. The van der Waals surface area contributed by atoms with Crippen LogP contribution in [-0.4, -0.2) is 29.1 Å². The molecule has 3 heterocycles. The van der Waals surface area contributed by atoms with Crippen molar-refractivity contribution in [1.82, 2.24) is 10.2 Å². The summed E-state index contributed by atoms with van der Waals surface area (Å²) in [7, 11) is 0. The zero-order valence-electron chi connectivity index (χ0n) is 28.8. The molecule has 2 aromatic rings. The third kappa shape index (κ3) is 5.08. The molecule has 0 bridgehead atoms. The lowest BCUT2D eigenvalue weighted by Gasteiger charge is -2.37. The second-order valence-corrected chi connectivity index (χ2v) is 15.4. The average molecular weight is 654 g/mol. The predicted octanol–water partition coefficient (Wildman–Crippen LogP) is 9.97. The Morgan fingerprint density at radius 3 is 2.40 bits per heavy atom. The van der Waals surface area contributed by atoms with Crippen molar-refractivity contribution in [1.29, 1.82) is 0 Å². The number of likely N-dealkylation sites (tertiary alicyclic amines) is 1. The second kappa shape index (κ2) is 12.5. The zero-order chi connectivity index (χ0) is 33.0. The van der Waals surface area contributed by atoms with Crippen molar-refractivity contribution >= 4 is 5.69 Å². The topological polar surface area (TPSA) is 18.5 Å². The summed E-state index contributed by atoms with van der Waals surface area (Å²) in [4.78, 5) is 5.41. The fourth-order valence-corrected chi connectivity index (χ4v) is 10.5. The number of benzene rings is 2. The Bertz CT molecular complexity index is 1950. The van der Waals surface area contributed by atoms with Crippen LogP contribution in [0.5, 0.6) is 0 Å². The largest absolute Gasteiger partial charge is 0.361 e. The van der Waals surface area contributed by atoms with E-state index in [1.165, 1.54) is 47.5 Å². The van der Waals surface area contributed by atoms with E-state index in [2.05, 4.69) is 167 Å². The molecule has 0 aromatic heterocycles. The average Bonchev–Trinajstić information content (AvgIpc) is 3.71. The molecule has 2 fully saturated rings. The highest BCUT2D eigenvalue weighted by Gasteiger charge is 2.50. The number of nitrogens with one attached hydrogen (secondary N) is 1. The molecule has 50 heavy (non-hydrogen) atoms. The van der Waals surface area contributed by atoms with Crippen molar-refractivity contribution < 1.29 is 0 Å². The van der Waals surface area contributed by atoms with Crippen LogP contribution in [-0.2, 0) is 0 Å². The number of anilines is 1. The summed E-state index contributed by atoms with van der Waals surface area (Å²) in [6.45, 7) is 0. The fourth-order valence-electron chi connectivity index (χ4n) is 10.5. The molecule has 250 valence electrons. The molecule has 0 radical (unpaired) electrons. The van der Waals surface area contributed by atoms with Gasteiger partial charge in [-0.3, -0.25) is 0 Å². The van der Waals surface area contributed by atoms with Gasteiger partial charge in [0.05, 0.1) is 18.1 Å². The lowest BCUT2D eigenvalue weighted by molar-refractivity contribution is 0.279. The summed E-state index contributed by atoms with van der Waals surface area (Å²) >= 11 is 0. The van der Waals surface area contributed by atoms with Crippen LogP contribution in [0.15, 0.2) is 174 Å². The fraction of sp³-hybridized carbons (Fsp3) is 0.319. The number of hydrogen-bond acceptors (Lipinski definition) is 3. The van der Waals surface area contributed by atoms with Gasteiger partial charge in [-0.05, 0) is 84.9 Å². The van der Waals surface area contributed by atoms with Gasteiger partial charge < -0.3 is 15.1 Å². The van der Waals surface area contributed by atoms with Crippen LogP contribution in [0.2, 0.25) is 0 Å². The SMILES string of the molecule is C1=CC(C2=CCCC=C2)NC(N2C3=CCC(C4=CC5C6C=CC=CC6N(c6ccc(-c7ccccc7)cc6)C5C=C4)CC3C3C=CCCC32)=C1. The minimum Gasteiger partial charge on any atom is -0.361 e. The highest BCUT2D eigenvalue weighted by atomic mass is 15.3. The second-order valence-electron chi connectivity index (χ2n) is 15.4. The normalized spacial score (nSPS) is 34.6. The van der Waals surface area contributed by atoms with Crippen molar-refractivity contribution in [2.24, 2.45) is 29.6 Å². The molecule has 3 nitrogen and oxygen atoms in total. The summed E-state index contributed by atoms with van der Waals surface area (Å²) in [5, 5.41) is 3.96. The molecule has 3 aliphatic heterocycles. The van der Waals surface area contributed by atoms with Crippen molar-refractivity contribution in [3.05, 3.63) is 174 Å². The van der Waals surface area contributed by atoms with Gasteiger partial charge in [0.2, 0.25) is 0 Å². The smallest absolute Gasteiger partial charge is 0.106 e. The van der Waals surface area contributed by atoms with Crippen molar-refractivity contribution in [3.8, 4) is 11.1 Å². The van der Waals surface area contributed by atoms with Gasteiger partial charge in [-0.25, -0.2) is 0 Å². The highest BCUT2D eigenvalue weighted by Crippen LogP contribution is 2.53. The first-order chi connectivity index (χ1) is 24.8. The standard InChI is InChI=1S/C47H47N3/c1-3-12-32(13-4-1)33-22-26-37(27-23-33)49-43-19-9-7-16-38(43)40-30-35(24-28-45(40)49)36-25-29-46-41(31-36)39-17-8-10-20-44(39)50(46)47-21-11-18-42(48-47)34-14-5-2-6-15-34/h1,3-5,7-9,11-19,21-24,26-30,36,38-45,48H,2,6,10,20,25,31H2. The van der Waals surface area contributed by atoms with E-state index in [4.69, 9.17) is 0 Å². The number of allylic oxidation sites excluding steroid dienone is 11. The molecule has 0 saturated carbocycles. The molecule has 8 aliphatic rings. The molecule has 0 amide bonds. The maximum absolute atomic E-state index is 3.96. The first-order valence-electron chi connectivity index (χ1n) is 19.2. The monoisotopic (exact) mass is 653 g/mol. The Morgan fingerprint density at radius 2 is 1.52 bits per heavy atom. The van der Waals surface area contributed by atoms with Gasteiger partial charge >= 0.3 is 0 Å². The van der Waals surface area contributed by atoms with Crippen LogP contribution >= 0.6 is 0 Å².